The minimum atomic E-state index is -0.396. The summed E-state index contributed by atoms with van der Waals surface area (Å²) in [6.45, 7) is 1.87. The van der Waals surface area contributed by atoms with Crippen LogP contribution in [0, 0.1) is 5.82 Å². The number of hydrogen-bond donors (Lipinski definition) is 1. The zero-order valence-electron chi connectivity index (χ0n) is 7.97. The van der Waals surface area contributed by atoms with Gasteiger partial charge in [0.25, 0.3) is 0 Å². The van der Waals surface area contributed by atoms with Crippen molar-refractivity contribution in [2.24, 2.45) is 0 Å². The molecule has 1 aromatic heterocycles. The van der Waals surface area contributed by atoms with Gasteiger partial charge < -0.3 is 10.1 Å². The Bertz CT molecular complexity index is 291. The van der Waals surface area contributed by atoms with Gasteiger partial charge in [0.2, 0.25) is 5.88 Å². The lowest BCUT2D eigenvalue weighted by Gasteiger charge is -2.12. The lowest BCUT2D eigenvalue weighted by atomic mass is 10.1. The molecule has 0 amide bonds. The molecule has 0 radical (unpaired) electrons. The van der Waals surface area contributed by atoms with E-state index < -0.39 is 5.82 Å². The summed E-state index contributed by atoms with van der Waals surface area (Å²) >= 11 is 0. The molecule has 13 heavy (non-hydrogen) atoms. The Morgan fingerprint density at radius 2 is 2.31 bits per heavy atom. The van der Waals surface area contributed by atoms with Gasteiger partial charge >= 0.3 is 0 Å². The number of halogens is 1. The number of methoxy groups -OCH3 is 1. The molecule has 0 bridgehead atoms. The summed E-state index contributed by atoms with van der Waals surface area (Å²) in [6, 6.07) is 1.59. The third-order valence-corrected chi connectivity index (χ3v) is 1.98. The van der Waals surface area contributed by atoms with Crippen molar-refractivity contribution in [3.8, 4) is 5.88 Å². The van der Waals surface area contributed by atoms with Crippen LogP contribution in [0.1, 0.15) is 18.5 Å². The zero-order valence-corrected chi connectivity index (χ0v) is 7.97. The van der Waals surface area contributed by atoms with Crippen LogP contribution in [0.3, 0.4) is 0 Å². The molecule has 4 heteroatoms. The van der Waals surface area contributed by atoms with Crippen LogP contribution in [-0.2, 0) is 0 Å². The Morgan fingerprint density at radius 3 is 2.85 bits per heavy atom. The SMILES string of the molecule is CNC(C)c1ccnc(OC)c1F. The van der Waals surface area contributed by atoms with Crippen molar-refractivity contribution >= 4 is 0 Å². The molecule has 0 spiro atoms. The first-order valence-electron chi connectivity index (χ1n) is 4.06. The second-order valence-electron chi connectivity index (χ2n) is 2.73. The smallest absolute Gasteiger partial charge is 0.250 e. The Labute approximate surface area is 76.9 Å². The van der Waals surface area contributed by atoms with E-state index >= 15 is 0 Å². The van der Waals surface area contributed by atoms with Gasteiger partial charge in [-0.05, 0) is 20.0 Å². The molecule has 0 aliphatic rings. The molecule has 72 valence electrons. The van der Waals surface area contributed by atoms with E-state index in [1.54, 1.807) is 13.1 Å². The first-order chi connectivity index (χ1) is 6.20. The van der Waals surface area contributed by atoms with E-state index in [-0.39, 0.29) is 11.9 Å². The molecule has 0 saturated heterocycles. The van der Waals surface area contributed by atoms with Crippen LogP contribution in [-0.4, -0.2) is 19.1 Å². The highest BCUT2D eigenvalue weighted by molar-refractivity contribution is 5.25. The van der Waals surface area contributed by atoms with Crippen molar-refractivity contribution in [2.75, 3.05) is 14.2 Å². The van der Waals surface area contributed by atoms with Crippen LogP contribution in [0.4, 0.5) is 4.39 Å². The third-order valence-electron chi connectivity index (χ3n) is 1.98. The van der Waals surface area contributed by atoms with Crippen LogP contribution in [0.25, 0.3) is 0 Å². The van der Waals surface area contributed by atoms with Crippen molar-refractivity contribution in [2.45, 2.75) is 13.0 Å². The molecule has 0 fully saturated rings. The lowest BCUT2D eigenvalue weighted by Crippen LogP contribution is -2.14. The summed E-state index contributed by atoms with van der Waals surface area (Å²) in [7, 11) is 3.18. The van der Waals surface area contributed by atoms with Crippen molar-refractivity contribution in [1.29, 1.82) is 0 Å². The molecular weight excluding hydrogens is 171 g/mol. The van der Waals surface area contributed by atoms with E-state index in [2.05, 4.69) is 10.3 Å². The van der Waals surface area contributed by atoms with Crippen molar-refractivity contribution in [3.63, 3.8) is 0 Å². The fourth-order valence-electron chi connectivity index (χ4n) is 1.07. The van der Waals surface area contributed by atoms with Gasteiger partial charge in [0.05, 0.1) is 7.11 Å². The van der Waals surface area contributed by atoms with E-state index in [1.807, 2.05) is 6.92 Å². The highest BCUT2D eigenvalue weighted by Gasteiger charge is 2.13. The average molecular weight is 184 g/mol. The summed E-state index contributed by atoms with van der Waals surface area (Å²) in [5, 5.41) is 2.95. The monoisotopic (exact) mass is 184 g/mol. The summed E-state index contributed by atoms with van der Waals surface area (Å²) in [4.78, 5) is 3.75. The first kappa shape index (κ1) is 9.92. The minimum Gasteiger partial charge on any atom is -0.479 e. The first-order valence-corrected chi connectivity index (χ1v) is 4.06. The molecule has 0 aromatic carbocycles. The molecule has 3 nitrogen and oxygen atoms in total. The number of pyridine rings is 1. The number of aromatic nitrogens is 1. The van der Waals surface area contributed by atoms with Crippen molar-refractivity contribution in [3.05, 3.63) is 23.6 Å². The maximum absolute atomic E-state index is 13.5. The minimum absolute atomic E-state index is 0.0413. The average Bonchev–Trinajstić information content (AvgIpc) is 2.17. The van der Waals surface area contributed by atoms with Gasteiger partial charge in [-0.15, -0.1) is 0 Å². The molecule has 0 saturated carbocycles. The predicted octanol–water partition coefficient (Wildman–Crippen LogP) is 1.51. The maximum Gasteiger partial charge on any atom is 0.250 e. The lowest BCUT2D eigenvalue weighted by molar-refractivity contribution is 0.364. The predicted molar refractivity (Wildman–Crippen MR) is 48.2 cm³/mol. The topological polar surface area (TPSA) is 34.2 Å². The highest BCUT2D eigenvalue weighted by atomic mass is 19.1. The molecule has 1 N–H and O–H groups in total. The van der Waals surface area contributed by atoms with Gasteiger partial charge in [0.15, 0.2) is 5.82 Å². The highest BCUT2D eigenvalue weighted by Crippen LogP contribution is 2.21. The Balaban J connectivity index is 3.08. The number of ether oxygens (including phenoxy) is 1. The van der Waals surface area contributed by atoms with Crippen molar-refractivity contribution < 1.29 is 9.13 Å². The van der Waals surface area contributed by atoms with Gasteiger partial charge in [0.1, 0.15) is 0 Å². The van der Waals surface area contributed by atoms with Crippen LogP contribution in [0.2, 0.25) is 0 Å². The van der Waals surface area contributed by atoms with Crippen LogP contribution in [0.5, 0.6) is 5.88 Å². The zero-order chi connectivity index (χ0) is 9.84. The molecule has 0 aliphatic carbocycles. The number of hydrogen-bond acceptors (Lipinski definition) is 3. The van der Waals surface area contributed by atoms with E-state index in [4.69, 9.17) is 4.74 Å². The largest absolute Gasteiger partial charge is 0.479 e. The van der Waals surface area contributed by atoms with Crippen LogP contribution >= 0.6 is 0 Å². The van der Waals surface area contributed by atoms with Gasteiger partial charge in [-0.2, -0.15) is 0 Å². The van der Waals surface area contributed by atoms with Crippen LogP contribution < -0.4 is 10.1 Å². The van der Waals surface area contributed by atoms with E-state index in [9.17, 15) is 4.39 Å². The number of nitrogens with one attached hydrogen (secondary N) is 1. The molecule has 1 atom stereocenters. The Hall–Kier alpha value is -1.16. The second kappa shape index (κ2) is 4.18. The molecular formula is C9H13FN2O. The van der Waals surface area contributed by atoms with E-state index in [0.717, 1.165) is 0 Å². The van der Waals surface area contributed by atoms with Crippen LogP contribution in [0.15, 0.2) is 12.3 Å². The van der Waals surface area contributed by atoms with E-state index in [1.165, 1.54) is 13.3 Å². The summed E-state index contributed by atoms with van der Waals surface area (Å²) in [5.41, 5.74) is 0.564. The maximum atomic E-state index is 13.5. The number of nitrogens with zero attached hydrogens (tertiary/aromatic N) is 1. The third kappa shape index (κ3) is 1.95. The second-order valence-corrected chi connectivity index (χ2v) is 2.73. The molecule has 0 aliphatic heterocycles. The number of rotatable bonds is 3. The molecule has 1 aromatic rings. The fourth-order valence-corrected chi connectivity index (χ4v) is 1.07. The molecule has 1 rings (SSSR count). The quantitative estimate of drug-likeness (QED) is 0.773. The Kier molecular flexibility index (Phi) is 3.19. The van der Waals surface area contributed by atoms with Gasteiger partial charge in [-0.1, -0.05) is 0 Å². The molecule has 1 unspecified atom stereocenters. The summed E-state index contributed by atoms with van der Waals surface area (Å²) in [6.07, 6.45) is 1.53. The van der Waals surface area contributed by atoms with E-state index in [0.29, 0.717) is 5.56 Å². The summed E-state index contributed by atoms with van der Waals surface area (Å²) < 4.78 is 18.2. The summed E-state index contributed by atoms with van der Waals surface area (Å²) in [5.74, 6) is -0.355. The van der Waals surface area contributed by atoms with Gasteiger partial charge in [-0.25, -0.2) is 9.37 Å². The standard InChI is InChI=1S/C9H13FN2O/c1-6(11-2)7-4-5-12-9(13-3)8(7)10/h4-6,11H,1-3H3. The van der Waals surface area contributed by atoms with Gasteiger partial charge in [0, 0.05) is 17.8 Å². The van der Waals surface area contributed by atoms with Gasteiger partial charge in [-0.3, -0.25) is 0 Å². The molecule has 1 heterocycles. The van der Waals surface area contributed by atoms with Crippen molar-refractivity contribution in [1.82, 2.24) is 10.3 Å². The normalized spacial score (nSPS) is 12.6. The Morgan fingerprint density at radius 1 is 1.62 bits per heavy atom. The fraction of sp³-hybridized carbons (Fsp3) is 0.444.